The molecule has 0 saturated carbocycles. The monoisotopic (exact) mass is 576 g/mol. The predicted octanol–water partition coefficient (Wildman–Crippen LogP) is 6.79. The molecule has 208 valence electrons. The second kappa shape index (κ2) is 10.4. The summed E-state index contributed by atoms with van der Waals surface area (Å²) in [6, 6.07) is 26.3. The fourth-order valence-electron chi connectivity index (χ4n) is 5.19. The van der Waals surface area contributed by atoms with Gasteiger partial charge in [-0.25, -0.2) is 4.98 Å². The van der Waals surface area contributed by atoms with Crippen molar-refractivity contribution < 1.29 is 28.9 Å². The third kappa shape index (κ3) is 4.53. The van der Waals surface area contributed by atoms with Crippen LogP contribution >= 0.6 is 11.3 Å². The number of aliphatic hydroxyl groups is 1. The topological polar surface area (TPSA) is 98.2 Å². The Balaban J connectivity index is 1.39. The first kappa shape index (κ1) is 25.8. The lowest BCUT2D eigenvalue weighted by Gasteiger charge is -2.23. The van der Waals surface area contributed by atoms with E-state index in [1.165, 1.54) is 16.2 Å². The van der Waals surface area contributed by atoms with Crippen LogP contribution in [-0.2, 0) is 9.59 Å². The molecule has 3 heterocycles. The number of para-hydroxylation sites is 1. The highest BCUT2D eigenvalue weighted by atomic mass is 32.1. The highest BCUT2D eigenvalue weighted by Gasteiger charge is 2.48. The van der Waals surface area contributed by atoms with E-state index in [1.54, 1.807) is 42.5 Å². The summed E-state index contributed by atoms with van der Waals surface area (Å²) in [5.41, 5.74) is 2.63. The van der Waals surface area contributed by atoms with Gasteiger partial charge in [-0.3, -0.25) is 14.5 Å². The van der Waals surface area contributed by atoms with Gasteiger partial charge in [0.15, 0.2) is 16.6 Å². The maximum absolute atomic E-state index is 13.7. The molecule has 0 spiro atoms. The van der Waals surface area contributed by atoms with Gasteiger partial charge in [0, 0.05) is 5.56 Å². The number of Topliss-reactive ketones (excluding diaryl/α,β-unsaturated/α-hetero) is 1. The van der Waals surface area contributed by atoms with Gasteiger partial charge in [-0.15, -0.1) is 0 Å². The first-order valence-corrected chi connectivity index (χ1v) is 14.2. The zero-order chi connectivity index (χ0) is 28.8. The van der Waals surface area contributed by atoms with Crippen LogP contribution in [0.25, 0.3) is 16.0 Å². The van der Waals surface area contributed by atoms with Crippen molar-refractivity contribution in [3.8, 4) is 23.0 Å². The van der Waals surface area contributed by atoms with Crippen LogP contribution in [0.2, 0.25) is 0 Å². The van der Waals surface area contributed by atoms with E-state index in [9.17, 15) is 14.7 Å². The largest absolute Gasteiger partial charge is 0.507 e. The van der Waals surface area contributed by atoms with E-state index in [4.69, 9.17) is 19.2 Å². The smallest absolute Gasteiger partial charge is 0.301 e. The zero-order valence-corrected chi connectivity index (χ0v) is 23.3. The number of ether oxygens (including phenoxy) is 3. The molecule has 1 saturated heterocycles. The number of aryl methyl sites for hydroxylation is 1. The lowest BCUT2D eigenvalue weighted by molar-refractivity contribution is -0.132. The zero-order valence-electron chi connectivity index (χ0n) is 22.4. The summed E-state index contributed by atoms with van der Waals surface area (Å²) in [5.74, 6) is 0.261. The van der Waals surface area contributed by atoms with Crippen LogP contribution in [0, 0.1) is 6.92 Å². The summed E-state index contributed by atoms with van der Waals surface area (Å²) < 4.78 is 18.3. The third-order valence-corrected chi connectivity index (χ3v) is 8.17. The molecule has 2 aliphatic heterocycles. The number of anilines is 1. The minimum Gasteiger partial charge on any atom is -0.507 e. The first-order chi connectivity index (χ1) is 20.5. The minimum absolute atomic E-state index is 0.0519. The summed E-state index contributed by atoms with van der Waals surface area (Å²) in [5, 5.41) is 12.0. The molecule has 1 atom stereocenters. The molecular formula is C33H24N2O6S. The summed E-state index contributed by atoms with van der Waals surface area (Å²) >= 11 is 1.32. The fourth-order valence-corrected chi connectivity index (χ4v) is 6.28. The highest BCUT2D eigenvalue weighted by molar-refractivity contribution is 7.22. The summed E-state index contributed by atoms with van der Waals surface area (Å²) in [7, 11) is 0. The normalized spacial score (nSPS) is 17.5. The highest BCUT2D eigenvalue weighted by Crippen LogP contribution is 2.46. The molecule has 5 aromatic rings. The van der Waals surface area contributed by atoms with E-state index >= 15 is 0 Å². The molecule has 1 fully saturated rings. The number of amides is 1. The Kier molecular flexibility index (Phi) is 6.36. The molecule has 2 aliphatic rings. The number of carbonyl (C=O) groups is 2. The van der Waals surface area contributed by atoms with Crippen LogP contribution in [0.4, 0.5) is 5.13 Å². The Bertz CT molecular complexity index is 1900. The van der Waals surface area contributed by atoms with Crippen molar-refractivity contribution in [2.45, 2.75) is 13.0 Å². The molecule has 0 radical (unpaired) electrons. The van der Waals surface area contributed by atoms with Crippen molar-refractivity contribution in [3.63, 3.8) is 0 Å². The van der Waals surface area contributed by atoms with Crippen LogP contribution in [0.5, 0.6) is 23.0 Å². The summed E-state index contributed by atoms with van der Waals surface area (Å²) in [6.45, 7) is 2.77. The second-order valence-electron chi connectivity index (χ2n) is 9.98. The van der Waals surface area contributed by atoms with Crippen LogP contribution < -0.4 is 19.1 Å². The van der Waals surface area contributed by atoms with Gasteiger partial charge >= 0.3 is 5.91 Å². The van der Waals surface area contributed by atoms with Crippen molar-refractivity contribution in [2.24, 2.45) is 0 Å². The van der Waals surface area contributed by atoms with Gasteiger partial charge in [0.25, 0.3) is 5.78 Å². The molecule has 4 aromatic carbocycles. The lowest BCUT2D eigenvalue weighted by Crippen LogP contribution is -2.29. The number of benzene rings is 4. The molecule has 42 heavy (non-hydrogen) atoms. The maximum Gasteiger partial charge on any atom is 0.301 e. The average molecular weight is 577 g/mol. The second-order valence-corrected chi connectivity index (χ2v) is 11.0. The quantitative estimate of drug-likeness (QED) is 0.140. The fraction of sp³-hybridized carbons (Fsp3) is 0.121. The lowest BCUT2D eigenvalue weighted by atomic mass is 9.95. The number of aromatic nitrogens is 1. The summed E-state index contributed by atoms with van der Waals surface area (Å²) in [4.78, 5) is 33.5. The van der Waals surface area contributed by atoms with Gasteiger partial charge in [-0.2, -0.15) is 0 Å². The van der Waals surface area contributed by atoms with Gasteiger partial charge < -0.3 is 19.3 Å². The van der Waals surface area contributed by atoms with E-state index in [0.29, 0.717) is 58.0 Å². The predicted molar refractivity (Wildman–Crippen MR) is 160 cm³/mol. The molecule has 1 N–H and O–H groups in total. The number of carbonyl (C=O) groups excluding carboxylic acids is 2. The molecule has 0 aliphatic carbocycles. The first-order valence-electron chi connectivity index (χ1n) is 13.4. The Morgan fingerprint density at radius 2 is 1.69 bits per heavy atom. The number of rotatable bonds is 5. The minimum atomic E-state index is -0.959. The van der Waals surface area contributed by atoms with E-state index in [2.05, 4.69) is 0 Å². The molecule has 1 aromatic heterocycles. The number of ketones is 1. The molecule has 1 amide bonds. The van der Waals surface area contributed by atoms with Crippen LogP contribution in [0.1, 0.15) is 22.7 Å². The average Bonchev–Trinajstić information content (AvgIpc) is 3.54. The number of hydrogen-bond donors (Lipinski definition) is 1. The van der Waals surface area contributed by atoms with Crippen molar-refractivity contribution in [3.05, 3.63) is 113 Å². The van der Waals surface area contributed by atoms with Crippen LogP contribution in [0.3, 0.4) is 0 Å². The Labute approximate surface area is 245 Å². The number of hydrogen-bond acceptors (Lipinski definition) is 8. The maximum atomic E-state index is 13.7. The van der Waals surface area contributed by atoms with Crippen molar-refractivity contribution >= 4 is 44.1 Å². The number of fused-ring (bicyclic) bond motifs is 2. The van der Waals surface area contributed by atoms with Crippen molar-refractivity contribution in [1.29, 1.82) is 0 Å². The Morgan fingerprint density at radius 3 is 2.52 bits per heavy atom. The van der Waals surface area contributed by atoms with Gasteiger partial charge in [0.1, 0.15) is 30.5 Å². The SMILES string of the molecule is Cc1ccc2nc(N3C(=O)C(=O)/C(=C(/O)c4ccc5c(c4)OCCO5)C3c3cccc(Oc4ccccc4)c3)sc2c1. The van der Waals surface area contributed by atoms with E-state index < -0.39 is 17.7 Å². The van der Waals surface area contributed by atoms with Gasteiger partial charge in [0.05, 0.1) is 21.8 Å². The van der Waals surface area contributed by atoms with E-state index in [1.807, 2.05) is 55.5 Å². The third-order valence-electron chi connectivity index (χ3n) is 7.15. The number of nitrogens with zero attached hydrogens (tertiary/aromatic N) is 2. The summed E-state index contributed by atoms with van der Waals surface area (Å²) in [6.07, 6.45) is 0. The molecular weight excluding hydrogens is 552 g/mol. The number of aliphatic hydroxyl groups excluding tert-OH is 1. The molecule has 8 nitrogen and oxygen atoms in total. The van der Waals surface area contributed by atoms with Crippen molar-refractivity contribution in [1.82, 2.24) is 4.98 Å². The molecule has 0 bridgehead atoms. The number of thiazole rings is 1. The molecule has 9 heteroatoms. The Morgan fingerprint density at radius 1 is 0.905 bits per heavy atom. The van der Waals surface area contributed by atoms with Crippen LogP contribution in [0.15, 0.2) is 96.6 Å². The standard InChI is InChI=1S/C33H24N2O6S/c1-19-10-12-24-27(16-19)42-33(34-24)35-29(20-6-5-9-23(17-20)41-22-7-3-2-4-8-22)28(31(37)32(35)38)30(36)21-11-13-25-26(18-21)40-15-14-39-25/h2-13,16-18,29,36H,14-15H2,1H3/b30-28+. The van der Waals surface area contributed by atoms with E-state index in [0.717, 1.165) is 10.3 Å². The Hall–Kier alpha value is -5.15. The van der Waals surface area contributed by atoms with Gasteiger partial charge in [0.2, 0.25) is 0 Å². The molecule has 7 rings (SSSR count). The van der Waals surface area contributed by atoms with Crippen LogP contribution in [-0.4, -0.2) is 35.0 Å². The van der Waals surface area contributed by atoms with Gasteiger partial charge in [-0.05, 0) is 72.6 Å². The van der Waals surface area contributed by atoms with Gasteiger partial charge in [-0.1, -0.05) is 47.7 Å². The van der Waals surface area contributed by atoms with Crippen molar-refractivity contribution in [2.75, 3.05) is 18.1 Å². The molecule has 1 unspecified atom stereocenters. The van der Waals surface area contributed by atoms with E-state index in [-0.39, 0.29) is 11.3 Å².